The van der Waals surface area contributed by atoms with Crippen molar-refractivity contribution in [1.29, 1.82) is 0 Å². The third-order valence-electron chi connectivity index (χ3n) is 5.24. The van der Waals surface area contributed by atoms with Crippen LogP contribution in [0.3, 0.4) is 0 Å². The lowest BCUT2D eigenvalue weighted by molar-refractivity contribution is 0.660. The summed E-state index contributed by atoms with van der Waals surface area (Å²) < 4.78 is 0. The minimum atomic E-state index is -0.00820. The molecule has 0 N–H and O–H groups in total. The number of hydrogen-bond acceptors (Lipinski definition) is 1. The molecule has 0 radical (unpaired) electrons. The lowest BCUT2D eigenvalue weighted by Crippen LogP contribution is -2.15. The molecule has 1 nitrogen and oxygen atoms in total. The SMILES string of the molecule is CC1(C)c2cc3ccccc3nc2-c2c1ccc1ccccc21. The molecule has 23 heavy (non-hydrogen) atoms. The Morgan fingerprint density at radius 2 is 1.48 bits per heavy atom. The van der Waals surface area contributed by atoms with Gasteiger partial charge in [-0.3, -0.25) is 0 Å². The largest absolute Gasteiger partial charge is 0.247 e. The van der Waals surface area contributed by atoms with E-state index in [9.17, 15) is 0 Å². The van der Waals surface area contributed by atoms with E-state index < -0.39 is 0 Å². The molecule has 1 heteroatoms. The number of benzene rings is 3. The molecule has 0 unspecified atom stereocenters. The highest BCUT2D eigenvalue weighted by atomic mass is 14.7. The summed E-state index contributed by atoms with van der Waals surface area (Å²) in [6, 6.07) is 23.9. The van der Waals surface area contributed by atoms with E-state index in [4.69, 9.17) is 4.98 Å². The second kappa shape index (κ2) is 4.20. The van der Waals surface area contributed by atoms with Gasteiger partial charge in [0.15, 0.2) is 0 Å². The van der Waals surface area contributed by atoms with E-state index in [2.05, 4.69) is 80.6 Å². The second-order valence-electron chi connectivity index (χ2n) is 6.91. The Morgan fingerprint density at radius 3 is 2.35 bits per heavy atom. The Labute approximate surface area is 135 Å². The summed E-state index contributed by atoms with van der Waals surface area (Å²) in [6.07, 6.45) is 0. The maximum absolute atomic E-state index is 5.04. The fraction of sp³-hybridized carbons (Fsp3) is 0.136. The molecule has 0 atom stereocenters. The number of hydrogen-bond donors (Lipinski definition) is 0. The molecule has 110 valence electrons. The molecular weight excluding hydrogens is 278 g/mol. The first-order valence-electron chi connectivity index (χ1n) is 8.09. The summed E-state index contributed by atoms with van der Waals surface area (Å²) in [4.78, 5) is 5.04. The number of nitrogens with zero attached hydrogens (tertiary/aromatic N) is 1. The monoisotopic (exact) mass is 295 g/mol. The van der Waals surface area contributed by atoms with Crippen LogP contribution >= 0.6 is 0 Å². The van der Waals surface area contributed by atoms with Crippen molar-refractivity contribution < 1.29 is 0 Å². The third kappa shape index (κ3) is 1.60. The average molecular weight is 295 g/mol. The van der Waals surface area contributed by atoms with E-state index in [1.54, 1.807) is 0 Å². The van der Waals surface area contributed by atoms with E-state index in [-0.39, 0.29) is 5.41 Å². The Hall–Kier alpha value is -2.67. The summed E-state index contributed by atoms with van der Waals surface area (Å²) in [6.45, 7) is 4.62. The van der Waals surface area contributed by atoms with Crippen molar-refractivity contribution in [3.63, 3.8) is 0 Å². The van der Waals surface area contributed by atoms with Gasteiger partial charge in [0.05, 0.1) is 11.2 Å². The molecule has 0 aliphatic heterocycles. The zero-order valence-electron chi connectivity index (χ0n) is 13.3. The van der Waals surface area contributed by atoms with Gasteiger partial charge in [0.25, 0.3) is 0 Å². The highest BCUT2D eigenvalue weighted by Crippen LogP contribution is 2.50. The van der Waals surface area contributed by atoms with E-state index in [1.165, 1.54) is 32.8 Å². The molecular formula is C22H17N. The number of pyridine rings is 1. The summed E-state index contributed by atoms with van der Waals surface area (Å²) in [7, 11) is 0. The lowest BCUT2D eigenvalue weighted by atomic mass is 9.82. The van der Waals surface area contributed by atoms with Crippen LogP contribution in [0.4, 0.5) is 0 Å². The Bertz CT molecular complexity index is 1090. The van der Waals surface area contributed by atoms with Crippen molar-refractivity contribution in [2.75, 3.05) is 0 Å². The van der Waals surface area contributed by atoms with Gasteiger partial charge < -0.3 is 0 Å². The quantitative estimate of drug-likeness (QED) is 0.406. The standard InChI is InChI=1S/C22H17N/c1-22(2)17-12-11-14-7-3-5-9-16(14)20(17)21-18(22)13-15-8-4-6-10-19(15)23-21/h3-13H,1-2H3. The molecule has 1 aromatic heterocycles. The van der Waals surface area contributed by atoms with Crippen molar-refractivity contribution in [3.05, 3.63) is 77.9 Å². The summed E-state index contributed by atoms with van der Waals surface area (Å²) in [5.74, 6) is 0. The molecule has 1 aliphatic carbocycles. The normalized spacial score (nSPS) is 14.9. The first-order chi connectivity index (χ1) is 11.2. The first-order valence-corrected chi connectivity index (χ1v) is 8.09. The zero-order valence-corrected chi connectivity index (χ0v) is 13.3. The molecule has 0 saturated carbocycles. The fourth-order valence-electron chi connectivity index (χ4n) is 3.98. The minimum Gasteiger partial charge on any atom is -0.247 e. The van der Waals surface area contributed by atoms with Gasteiger partial charge in [-0.2, -0.15) is 0 Å². The van der Waals surface area contributed by atoms with Crippen LogP contribution in [0, 0.1) is 0 Å². The minimum absolute atomic E-state index is 0.00820. The number of aromatic nitrogens is 1. The summed E-state index contributed by atoms with van der Waals surface area (Å²) in [5, 5.41) is 3.81. The predicted octanol–water partition coefficient (Wildman–Crippen LogP) is 5.69. The molecule has 0 saturated heterocycles. The van der Waals surface area contributed by atoms with Crippen molar-refractivity contribution in [2.24, 2.45) is 0 Å². The van der Waals surface area contributed by atoms with Gasteiger partial charge in [-0.15, -0.1) is 0 Å². The number of fused-ring (bicyclic) bond motifs is 6. The van der Waals surface area contributed by atoms with Crippen LogP contribution in [-0.4, -0.2) is 4.98 Å². The molecule has 0 amide bonds. The average Bonchev–Trinajstić information content (AvgIpc) is 2.81. The van der Waals surface area contributed by atoms with E-state index in [0.29, 0.717) is 0 Å². The van der Waals surface area contributed by atoms with Crippen LogP contribution < -0.4 is 0 Å². The molecule has 5 rings (SSSR count). The van der Waals surface area contributed by atoms with Gasteiger partial charge >= 0.3 is 0 Å². The Morgan fingerprint density at radius 1 is 0.739 bits per heavy atom. The van der Waals surface area contributed by atoms with E-state index >= 15 is 0 Å². The topological polar surface area (TPSA) is 12.9 Å². The van der Waals surface area contributed by atoms with Crippen LogP contribution in [0.25, 0.3) is 32.9 Å². The molecule has 4 aromatic rings. The van der Waals surface area contributed by atoms with Gasteiger partial charge in [0, 0.05) is 16.4 Å². The predicted molar refractivity (Wildman–Crippen MR) is 96.8 cm³/mol. The Balaban J connectivity index is 1.99. The fourth-order valence-corrected chi connectivity index (χ4v) is 3.98. The van der Waals surface area contributed by atoms with Crippen LogP contribution in [-0.2, 0) is 5.41 Å². The smallest absolute Gasteiger partial charge is 0.0759 e. The zero-order chi connectivity index (χ0) is 15.6. The molecule has 1 heterocycles. The number of para-hydroxylation sites is 1. The summed E-state index contributed by atoms with van der Waals surface area (Å²) in [5.41, 5.74) is 6.25. The second-order valence-corrected chi connectivity index (χ2v) is 6.91. The van der Waals surface area contributed by atoms with Gasteiger partial charge in [-0.25, -0.2) is 4.98 Å². The third-order valence-corrected chi connectivity index (χ3v) is 5.24. The highest BCUT2D eigenvalue weighted by molar-refractivity contribution is 6.02. The molecule has 3 aromatic carbocycles. The van der Waals surface area contributed by atoms with Gasteiger partial charge in [-0.1, -0.05) is 68.4 Å². The van der Waals surface area contributed by atoms with Crippen LogP contribution in [0.15, 0.2) is 66.7 Å². The highest BCUT2D eigenvalue weighted by Gasteiger charge is 2.37. The maximum atomic E-state index is 5.04. The van der Waals surface area contributed by atoms with Crippen LogP contribution in [0.2, 0.25) is 0 Å². The molecule has 0 spiro atoms. The maximum Gasteiger partial charge on any atom is 0.0759 e. The van der Waals surface area contributed by atoms with Crippen LogP contribution in [0.5, 0.6) is 0 Å². The molecule has 1 aliphatic rings. The van der Waals surface area contributed by atoms with Crippen LogP contribution in [0.1, 0.15) is 25.0 Å². The first kappa shape index (κ1) is 12.8. The lowest BCUT2D eigenvalue weighted by Gasteiger charge is -2.21. The number of rotatable bonds is 0. The van der Waals surface area contributed by atoms with Gasteiger partial charge in [-0.05, 0) is 34.0 Å². The van der Waals surface area contributed by atoms with Crippen molar-refractivity contribution in [2.45, 2.75) is 19.3 Å². The van der Waals surface area contributed by atoms with Gasteiger partial charge in [0.1, 0.15) is 0 Å². The van der Waals surface area contributed by atoms with Crippen molar-refractivity contribution >= 4 is 21.7 Å². The van der Waals surface area contributed by atoms with E-state index in [1.807, 2.05) is 0 Å². The van der Waals surface area contributed by atoms with E-state index in [0.717, 1.165) is 11.2 Å². The Kier molecular flexibility index (Phi) is 2.34. The molecule has 0 fully saturated rings. The van der Waals surface area contributed by atoms with Crippen molar-refractivity contribution in [1.82, 2.24) is 4.98 Å². The van der Waals surface area contributed by atoms with Gasteiger partial charge in [0.2, 0.25) is 0 Å². The van der Waals surface area contributed by atoms with Crippen molar-refractivity contribution in [3.8, 4) is 11.3 Å². The summed E-state index contributed by atoms with van der Waals surface area (Å²) >= 11 is 0. The molecule has 0 bridgehead atoms.